The molecular formula is C38H42ClFN4O3. The van der Waals surface area contributed by atoms with Gasteiger partial charge in [0.15, 0.2) is 0 Å². The van der Waals surface area contributed by atoms with Crippen molar-refractivity contribution in [2.45, 2.75) is 58.3 Å². The van der Waals surface area contributed by atoms with Gasteiger partial charge in [-0.2, -0.15) is 5.26 Å². The fraction of sp³-hybridized carbons (Fsp3) is 0.368. The Labute approximate surface area is 281 Å². The molecule has 0 fully saturated rings. The fourth-order valence-electron chi connectivity index (χ4n) is 6.15. The minimum absolute atomic E-state index is 0.181. The van der Waals surface area contributed by atoms with Gasteiger partial charge >= 0.3 is 0 Å². The first-order valence-corrected chi connectivity index (χ1v) is 16.7. The van der Waals surface area contributed by atoms with Crippen LogP contribution in [0.5, 0.6) is 11.5 Å². The van der Waals surface area contributed by atoms with E-state index in [-0.39, 0.29) is 25.1 Å². The highest BCUT2D eigenvalue weighted by Gasteiger charge is 2.28. The minimum Gasteiger partial charge on any atom is -0.488 e. The predicted octanol–water partition coefficient (Wildman–Crippen LogP) is 7.63. The molecule has 1 aliphatic rings. The number of hydrogen-bond donors (Lipinski definition) is 2. The Balaban J connectivity index is 1.30. The van der Waals surface area contributed by atoms with Crippen molar-refractivity contribution >= 4 is 11.6 Å². The summed E-state index contributed by atoms with van der Waals surface area (Å²) < 4.78 is 27.6. The third-order valence-electron chi connectivity index (χ3n) is 8.43. The molecule has 2 N–H and O–H groups in total. The maximum absolute atomic E-state index is 14.7. The van der Waals surface area contributed by atoms with Crippen LogP contribution in [0.3, 0.4) is 0 Å². The molecule has 0 saturated heterocycles. The summed E-state index contributed by atoms with van der Waals surface area (Å²) in [5, 5.41) is 22.6. The normalized spacial score (nSPS) is 13.8. The van der Waals surface area contributed by atoms with Gasteiger partial charge in [0.05, 0.1) is 17.2 Å². The molecule has 5 rings (SSSR count). The van der Waals surface area contributed by atoms with Crippen molar-refractivity contribution in [1.29, 1.82) is 5.26 Å². The van der Waals surface area contributed by atoms with Gasteiger partial charge in [0.1, 0.15) is 36.1 Å². The number of nitrogens with zero attached hydrogens (tertiary/aromatic N) is 3. The van der Waals surface area contributed by atoms with Crippen molar-refractivity contribution in [3.63, 3.8) is 0 Å². The Kier molecular flexibility index (Phi) is 12.6. The summed E-state index contributed by atoms with van der Waals surface area (Å²) in [4.78, 5) is 6.45. The van der Waals surface area contributed by atoms with Crippen molar-refractivity contribution in [3.05, 3.63) is 112 Å². The zero-order chi connectivity index (χ0) is 33.0. The van der Waals surface area contributed by atoms with Crippen molar-refractivity contribution in [1.82, 2.24) is 15.2 Å². The zero-order valence-electron chi connectivity index (χ0n) is 26.9. The summed E-state index contributed by atoms with van der Waals surface area (Å²) >= 11 is 6.84. The van der Waals surface area contributed by atoms with Crippen LogP contribution in [-0.2, 0) is 19.6 Å². The molecule has 0 aliphatic heterocycles. The molecule has 0 unspecified atom stereocenters. The summed E-state index contributed by atoms with van der Waals surface area (Å²) in [6, 6.07) is 20.4. The molecule has 0 amide bonds. The SMILES string of the molecule is CCCN(CCO)CCCCNCc1cc(Cl)c(O[C@H]2CCc3c(-c4ccccc4F)cccc32)cc1OCc1cncc(C#N)c1. The van der Waals surface area contributed by atoms with Gasteiger partial charge in [0.25, 0.3) is 0 Å². The van der Waals surface area contributed by atoms with Crippen molar-refractivity contribution in [3.8, 4) is 28.7 Å². The number of nitriles is 1. The summed E-state index contributed by atoms with van der Waals surface area (Å²) in [6.45, 7) is 6.61. The summed E-state index contributed by atoms with van der Waals surface area (Å²) in [6.07, 6.45) is 7.60. The topological polar surface area (TPSA) is 90.6 Å². The molecular weight excluding hydrogens is 615 g/mol. The molecule has 1 heterocycles. The average Bonchev–Trinajstić information content (AvgIpc) is 3.50. The van der Waals surface area contributed by atoms with Crippen LogP contribution in [-0.4, -0.2) is 47.8 Å². The highest BCUT2D eigenvalue weighted by Crippen LogP contribution is 2.43. The van der Waals surface area contributed by atoms with Crippen molar-refractivity contribution in [2.24, 2.45) is 0 Å². The molecule has 0 spiro atoms. The molecule has 0 bridgehead atoms. The first-order valence-electron chi connectivity index (χ1n) is 16.4. The lowest BCUT2D eigenvalue weighted by Crippen LogP contribution is -2.29. The van der Waals surface area contributed by atoms with Gasteiger partial charge < -0.3 is 24.8 Å². The molecule has 246 valence electrons. The van der Waals surface area contributed by atoms with Crippen LogP contribution in [0.25, 0.3) is 11.1 Å². The van der Waals surface area contributed by atoms with E-state index >= 15 is 0 Å². The van der Waals surface area contributed by atoms with E-state index in [0.717, 1.165) is 79.6 Å². The Morgan fingerprint density at radius 2 is 1.89 bits per heavy atom. The van der Waals surface area contributed by atoms with E-state index in [0.29, 0.717) is 40.7 Å². The molecule has 0 saturated carbocycles. The minimum atomic E-state index is -0.241. The second-order valence-corrected chi connectivity index (χ2v) is 12.2. The first-order chi connectivity index (χ1) is 23.0. The number of aliphatic hydroxyl groups is 1. The standard InChI is InChI=1S/C38H42ClFN4O3/c1-2-15-44(17-18-45)16-6-5-14-42-25-29-20-34(39)38(21-37(29)46-26-28-19-27(22-41)23-43-24-28)47-36-13-12-31-30(9-7-10-33(31)36)32-8-3-4-11-35(32)40/h3-4,7-11,19-21,23-24,36,42,45H,2,5-6,12-18,25-26H2,1H3/t36-/m0/s1. The maximum atomic E-state index is 14.7. The van der Waals surface area contributed by atoms with Crippen LogP contribution in [0.4, 0.5) is 4.39 Å². The van der Waals surface area contributed by atoms with E-state index in [1.807, 2.05) is 42.5 Å². The Morgan fingerprint density at radius 1 is 1.04 bits per heavy atom. The lowest BCUT2D eigenvalue weighted by Gasteiger charge is -2.21. The highest BCUT2D eigenvalue weighted by molar-refractivity contribution is 6.32. The number of pyridine rings is 1. The Bertz CT molecular complexity index is 1670. The molecule has 3 aromatic carbocycles. The summed E-state index contributed by atoms with van der Waals surface area (Å²) in [7, 11) is 0. The van der Waals surface area contributed by atoms with Gasteiger partial charge in [-0.3, -0.25) is 4.98 Å². The molecule has 1 atom stereocenters. The number of nitrogens with one attached hydrogen (secondary N) is 1. The summed E-state index contributed by atoms with van der Waals surface area (Å²) in [5.74, 6) is 0.910. The van der Waals surface area contributed by atoms with Gasteiger partial charge in [-0.25, -0.2) is 4.39 Å². The predicted molar refractivity (Wildman–Crippen MR) is 183 cm³/mol. The third-order valence-corrected chi connectivity index (χ3v) is 8.73. The lowest BCUT2D eigenvalue weighted by molar-refractivity contribution is 0.193. The van der Waals surface area contributed by atoms with Gasteiger partial charge in [0, 0.05) is 48.2 Å². The molecule has 1 aliphatic carbocycles. The molecule has 1 aromatic heterocycles. The number of unbranched alkanes of at least 4 members (excludes halogenated alkanes) is 1. The molecule has 4 aromatic rings. The van der Waals surface area contributed by atoms with Gasteiger partial charge in [-0.1, -0.05) is 54.9 Å². The quantitative estimate of drug-likeness (QED) is 0.113. The number of aromatic nitrogens is 1. The van der Waals surface area contributed by atoms with Gasteiger partial charge in [-0.15, -0.1) is 0 Å². The second-order valence-electron chi connectivity index (χ2n) is 11.8. The molecule has 9 heteroatoms. The van der Waals surface area contributed by atoms with Gasteiger partial charge in [0.2, 0.25) is 0 Å². The second kappa shape index (κ2) is 17.2. The maximum Gasteiger partial charge on any atom is 0.142 e. The number of halogens is 2. The Morgan fingerprint density at radius 3 is 2.70 bits per heavy atom. The number of rotatable bonds is 17. The average molecular weight is 657 g/mol. The number of benzene rings is 3. The Hall–Kier alpha value is -4.00. The van der Waals surface area contributed by atoms with Crippen molar-refractivity contribution in [2.75, 3.05) is 32.8 Å². The zero-order valence-corrected chi connectivity index (χ0v) is 27.6. The van der Waals surface area contributed by atoms with E-state index in [2.05, 4.69) is 28.2 Å². The van der Waals surface area contributed by atoms with Crippen LogP contribution in [0.1, 0.15) is 66.5 Å². The smallest absolute Gasteiger partial charge is 0.142 e. The van der Waals surface area contributed by atoms with Crippen LogP contribution in [0.2, 0.25) is 5.02 Å². The molecule has 7 nitrogen and oxygen atoms in total. The number of fused-ring (bicyclic) bond motifs is 1. The van der Waals surface area contributed by atoms with Crippen LogP contribution in [0, 0.1) is 17.1 Å². The van der Waals surface area contributed by atoms with Crippen LogP contribution >= 0.6 is 11.6 Å². The van der Waals surface area contributed by atoms with E-state index in [1.165, 1.54) is 12.3 Å². The third kappa shape index (κ3) is 9.09. The van der Waals surface area contributed by atoms with E-state index in [4.69, 9.17) is 21.1 Å². The van der Waals surface area contributed by atoms with Crippen molar-refractivity contribution < 1.29 is 19.0 Å². The largest absolute Gasteiger partial charge is 0.488 e. The van der Waals surface area contributed by atoms with E-state index < -0.39 is 0 Å². The van der Waals surface area contributed by atoms with E-state index in [1.54, 1.807) is 18.3 Å². The number of ether oxygens (including phenoxy) is 2. The number of hydrogen-bond acceptors (Lipinski definition) is 7. The van der Waals surface area contributed by atoms with E-state index in [9.17, 15) is 14.8 Å². The van der Waals surface area contributed by atoms with Gasteiger partial charge in [-0.05, 0) is 86.6 Å². The molecule has 0 radical (unpaired) electrons. The first kappa shape index (κ1) is 34.3. The highest BCUT2D eigenvalue weighted by atomic mass is 35.5. The van der Waals surface area contributed by atoms with Crippen LogP contribution in [0.15, 0.2) is 73.1 Å². The summed E-state index contributed by atoms with van der Waals surface area (Å²) in [5.41, 5.74) is 5.76. The molecule has 47 heavy (non-hydrogen) atoms. The fourth-order valence-corrected chi connectivity index (χ4v) is 6.38. The number of aliphatic hydroxyl groups excluding tert-OH is 1. The van der Waals surface area contributed by atoms with Crippen LogP contribution < -0.4 is 14.8 Å². The lowest BCUT2D eigenvalue weighted by atomic mass is 9.96. The monoisotopic (exact) mass is 656 g/mol.